The molecule has 1 aromatic carbocycles. The van der Waals surface area contributed by atoms with E-state index in [-0.39, 0.29) is 0 Å². The normalized spacial score (nSPS) is 14.2. The molecule has 5 heteroatoms. The van der Waals surface area contributed by atoms with Crippen molar-refractivity contribution in [1.29, 1.82) is 0 Å². The fourth-order valence-corrected chi connectivity index (χ4v) is 2.93. The molecule has 1 aromatic heterocycles. The Morgan fingerprint density at radius 3 is 2.70 bits per heavy atom. The van der Waals surface area contributed by atoms with Gasteiger partial charge >= 0.3 is 0 Å². The predicted octanol–water partition coefficient (Wildman–Crippen LogP) is 2.06. The van der Waals surface area contributed by atoms with E-state index in [2.05, 4.69) is 29.2 Å². The minimum Gasteiger partial charge on any atom is -0.496 e. The van der Waals surface area contributed by atoms with Crippen molar-refractivity contribution in [3.05, 3.63) is 23.9 Å². The number of nitrogens with zero attached hydrogens (tertiary/aromatic N) is 3. The Hall–Kier alpha value is -2.17. The molecule has 0 unspecified atom stereocenters. The Balaban J connectivity index is 2.20. The maximum atomic E-state index is 6.10. The van der Waals surface area contributed by atoms with Crippen LogP contribution in [0.2, 0.25) is 0 Å². The number of hydrogen-bond acceptors (Lipinski definition) is 4. The maximum absolute atomic E-state index is 6.10. The quantitative estimate of drug-likeness (QED) is 0.909. The highest BCUT2D eigenvalue weighted by atomic mass is 16.5. The van der Waals surface area contributed by atoms with E-state index < -0.39 is 0 Å². The summed E-state index contributed by atoms with van der Waals surface area (Å²) in [4.78, 5) is 2.28. The fourth-order valence-electron chi connectivity index (χ4n) is 2.93. The van der Waals surface area contributed by atoms with Crippen LogP contribution in [0.3, 0.4) is 0 Å². The lowest BCUT2D eigenvalue weighted by atomic mass is 9.95. The summed E-state index contributed by atoms with van der Waals surface area (Å²) in [5.41, 5.74) is 10.6. The molecule has 0 radical (unpaired) electrons. The number of anilines is 2. The first-order valence-corrected chi connectivity index (χ1v) is 6.82. The molecule has 5 nitrogen and oxygen atoms in total. The molecule has 0 bridgehead atoms. The van der Waals surface area contributed by atoms with Crippen molar-refractivity contribution in [3.63, 3.8) is 0 Å². The van der Waals surface area contributed by atoms with Crippen molar-refractivity contribution in [3.8, 4) is 16.9 Å². The van der Waals surface area contributed by atoms with Gasteiger partial charge in [0.2, 0.25) is 0 Å². The second-order valence-electron chi connectivity index (χ2n) is 5.24. The maximum Gasteiger partial charge on any atom is 0.132 e. The largest absolute Gasteiger partial charge is 0.496 e. The smallest absolute Gasteiger partial charge is 0.132 e. The monoisotopic (exact) mass is 272 g/mol. The molecule has 2 heterocycles. The topological polar surface area (TPSA) is 56.3 Å². The molecular formula is C15H20N4O. The first-order valence-electron chi connectivity index (χ1n) is 6.82. The third kappa shape index (κ3) is 1.81. The van der Waals surface area contributed by atoms with Gasteiger partial charge in [-0.2, -0.15) is 5.10 Å². The number of nitrogens with two attached hydrogens (primary N) is 1. The number of fused-ring (bicyclic) bond motifs is 1. The summed E-state index contributed by atoms with van der Waals surface area (Å²) in [7, 11) is 5.69. The van der Waals surface area contributed by atoms with Crippen molar-refractivity contribution in [2.45, 2.75) is 12.8 Å². The number of methoxy groups -OCH3 is 1. The minimum atomic E-state index is 0.660. The molecule has 106 valence electrons. The van der Waals surface area contributed by atoms with Gasteiger partial charge in [-0.1, -0.05) is 0 Å². The van der Waals surface area contributed by atoms with Crippen LogP contribution < -0.4 is 15.4 Å². The molecule has 3 rings (SSSR count). The van der Waals surface area contributed by atoms with Gasteiger partial charge in [0, 0.05) is 43.0 Å². The van der Waals surface area contributed by atoms with Crippen molar-refractivity contribution < 1.29 is 4.74 Å². The van der Waals surface area contributed by atoms with Crippen LogP contribution in [0.5, 0.6) is 5.75 Å². The predicted molar refractivity (Wildman–Crippen MR) is 81.2 cm³/mol. The summed E-state index contributed by atoms with van der Waals surface area (Å²) in [6, 6.07) is 4.23. The van der Waals surface area contributed by atoms with E-state index in [1.165, 1.54) is 11.3 Å². The number of benzene rings is 1. The number of hydrogen-bond donors (Lipinski definition) is 1. The first-order chi connectivity index (χ1) is 9.63. The highest BCUT2D eigenvalue weighted by Crippen LogP contribution is 2.42. The fraction of sp³-hybridized carbons (Fsp3) is 0.400. The second kappa shape index (κ2) is 4.74. The van der Waals surface area contributed by atoms with Gasteiger partial charge < -0.3 is 15.4 Å². The third-order valence-electron chi connectivity index (χ3n) is 4.05. The molecule has 0 spiro atoms. The molecule has 2 aromatic rings. The minimum absolute atomic E-state index is 0.660. The lowest BCUT2D eigenvalue weighted by Gasteiger charge is -2.29. The van der Waals surface area contributed by atoms with Gasteiger partial charge in [0.15, 0.2) is 0 Å². The molecule has 0 amide bonds. The van der Waals surface area contributed by atoms with E-state index in [9.17, 15) is 0 Å². The Bertz CT molecular complexity index is 648. The summed E-state index contributed by atoms with van der Waals surface area (Å²) < 4.78 is 7.37. The summed E-state index contributed by atoms with van der Waals surface area (Å²) in [6.07, 6.45) is 3.98. The zero-order valence-electron chi connectivity index (χ0n) is 12.2. The first kappa shape index (κ1) is 12.8. The van der Waals surface area contributed by atoms with Gasteiger partial charge in [-0.15, -0.1) is 0 Å². The van der Waals surface area contributed by atoms with Gasteiger partial charge in [-0.3, -0.25) is 4.68 Å². The third-order valence-corrected chi connectivity index (χ3v) is 4.05. The SMILES string of the molecule is COc1c(-c2cnn(C)c2N)ccc2c1CCCN2C. The van der Waals surface area contributed by atoms with Gasteiger partial charge in [-0.05, 0) is 25.0 Å². The Morgan fingerprint density at radius 1 is 1.25 bits per heavy atom. The lowest BCUT2D eigenvalue weighted by molar-refractivity contribution is 0.410. The van der Waals surface area contributed by atoms with Crippen molar-refractivity contribution in [2.24, 2.45) is 7.05 Å². The van der Waals surface area contributed by atoms with Crippen LogP contribution in [0.15, 0.2) is 18.3 Å². The van der Waals surface area contributed by atoms with Crippen LogP contribution in [0.4, 0.5) is 11.5 Å². The zero-order valence-corrected chi connectivity index (χ0v) is 12.2. The molecule has 0 saturated carbocycles. The van der Waals surface area contributed by atoms with Crippen LogP contribution in [0, 0.1) is 0 Å². The van der Waals surface area contributed by atoms with E-state index >= 15 is 0 Å². The highest BCUT2D eigenvalue weighted by Gasteiger charge is 2.22. The number of rotatable bonds is 2. The Kier molecular flexibility index (Phi) is 3.04. The van der Waals surface area contributed by atoms with Crippen LogP contribution >= 0.6 is 0 Å². The molecule has 2 N–H and O–H groups in total. The van der Waals surface area contributed by atoms with Crippen molar-refractivity contribution in [2.75, 3.05) is 31.3 Å². The second-order valence-corrected chi connectivity index (χ2v) is 5.24. The molecule has 0 aliphatic carbocycles. The number of ether oxygens (including phenoxy) is 1. The standard InChI is InChI=1S/C15H20N4O/c1-18-8-4-5-11-13(18)7-6-10(14(11)20-3)12-9-17-19(2)15(12)16/h6-7,9H,4-5,8,16H2,1-3H3. The van der Waals surface area contributed by atoms with Crippen LogP contribution in [-0.2, 0) is 13.5 Å². The molecule has 0 saturated heterocycles. The summed E-state index contributed by atoms with van der Waals surface area (Å²) in [5.74, 6) is 1.58. The van der Waals surface area contributed by atoms with E-state index in [0.717, 1.165) is 36.3 Å². The van der Waals surface area contributed by atoms with E-state index in [1.54, 1.807) is 18.0 Å². The van der Waals surface area contributed by atoms with Crippen LogP contribution in [-0.4, -0.2) is 30.5 Å². The molecule has 20 heavy (non-hydrogen) atoms. The zero-order chi connectivity index (χ0) is 14.3. The van der Waals surface area contributed by atoms with Gasteiger partial charge in [0.05, 0.1) is 13.3 Å². The lowest BCUT2D eigenvalue weighted by Crippen LogP contribution is -2.25. The van der Waals surface area contributed by atoms with E-state index in [1.807, 2.05) is 7.05 Å². The molecule has 0 atom stereocenters. The van der Waals surface area contributed by atoms with Crippen LogP contribution in [0.25, 0.3) is 11.1 Å². The summed E-state index contributed by atoms with van der Waals surface area (Å²) in [5, 5.41) is 4.22. The Morgan fingerprint density at radius 2 is 2.05 bits per heavy atom. The highest BCUT2D eigenvalue weighted by molar-refractivity contribution is 5.82. The van der Waals surface area contributed by atoms with E-state index in [4.69, 9.17) is 10.5 Å². The van der Waals surface area contributed by atoms with Gasteiger partial charge in [-0.25, -0.2) is 0 Å². The van der Waals surface area contributed by atoms with Crippen molar-refractivity contribution >= 4 is 11.5 Å². The van der Waals surface area contributed by atoms with Crippen molar-refractivity contribution in [1.82, 2.24) is 9.78 Å². The molecule has 1 aliphatic heterocycles. The average molecular weight is 272 g/mol. The molecule has 1 aliphatic rings. The summed E-state index contributed by atoms with van der Waals surface area (Å²) in [6.45, 7) is 1.09. The van der Waals surface area contributed by atoms with Gasteiger partial charge in [0.25, 0.3) is 0 Å². The Labute approximate surface area is 118 Å². The number of nitrogen functional groups attached to an aromatic ring is 1. The average Bonchev–Trinajstić information content (AvgIpc) is 2.78. The van der Waals surface area contributed by atoms with E-state index in [0.29, 0.717) is 5.82 Å². The number of aromatic nitrogens is 2. The van der Waals surface area contributed by atoms with Crippen LogP contribution in [0.1, 0.15) is 12.0 Å². The summed E-state index contributed by atoms with van der Waals surface area (Å²) >= 11 is 0. The van der Waals surface area contributed by atoms with Gasteiger partial charge in [0.1, 0.15) is 11.6 Å². The number of aryl methyl sites for hydroxylation is 1. The molecule has 0 fully saturated rings. The molecular weight excluding hydrogens is 252 g/mol.